The molecular formula is C10H12F2N2O. The highest BCUT2D eigenvalue weighted by molar-refractivity contribution is 5.19. The average molecular weight is 214 g/mol. The zero-order valence-electron chi connectivity index (χ0n) is 8.12. The Morgan fingerprint density at radius 2 is 2.07 bits per heavy atom. The number of rotatable bonds is 1. The molecule has 0 saturated carbocycles. The smallest absolute Gasteiger partial charge is 0.257 e. The van der Waals surface area contributed by atoms with Crippen LogP contribution in [0.15, 0.2) is 24.5 Å². The van der Waals surface area contributed by atoms with Gasteiger partial charge in [0.1, 0.15) is 0 Å². The van der Waals surface area contributed by atoms with Crippen LogP contribution in [0.4, 0.5) is 8.78 Å². The highest BCUT2D eigenvalue weighted by Crippen LogP contribution is 2.37. The van der Waals surface area contributed by atoms with E-state index in [1.807, 2.05) is 0 Å². The molecule has 1 aliphatic heterocycles. The molecule has 3 nitrogen and oxygen atoms in total. The third-order valence-electron chi connectivity index (χ3n) is 2.72. The number of nitrogens with one attached hydrogen (secondary N) is 1. The molecule has 1 saturated heterocycles. The molecule has 82 valence electrons. The number of piperidine rings is 1. The minimum Gasteiger partial charge on any atom is -0.619 e. The van der Waals surface area contributed by atoms with Gasteiger partial charge in [0.2, 0.25) is 0 Å². The Morgan fingerprint density at radius 3 is 2.67 bits per heavy atom. The average Bonchev–Trinajstić information content (AvgIpc) is 2.19. The SMILES string of the molecule is [O-][n+]1ccc(C2CNCCC2(F)F)cc1. The quantitative estimate of drug-likeness (QED) is 0.560. The lowest BCUT2D eigenvalue weighted by atomic mass is 9.89. The van der Waals surface area contributed by atoms with Crippen LogP contribution in [0.3, 0.4) is 0 Å². The van der Waals surface area contributed by atoms with Crippen LogP contribution in [0, 0.1) is 5.21 Å². The lowest BCUT2D eigenvalue weighted by Crippen LogP contribution is -2.43. The molecule has 2 rings (SSSR count). The summed E-state index contributed by atoms with van der Waals surface area (Å²) in [4.78, 5) is 0. The summed E-state index contributed by atoms with van der Waals surface area (Å²) >= 11 is 0. The minimum atomic E-state index is -2.68. The summed E-state index contributed by atoms with van der Waals surface area (Å²) in [6.07, 6.45) is 2.35. The Balaban J connectivity index is 2.25. The topological polar surface area (TPSA) is 39.0 Å². The van der Waals surface area contributed by atoms with Gasteiger partial charge in [-0.25, -0.2) is 8.78 Å². The summed E-state index contributed by atoms with van der Waals surface area (Å²) in [5.41, 5.74) is 0.513. The van der Waals surface area contributed by atoms with E-state index in [0.717, 1.165) is 0 Å². The lowest BCUT2D eigenvalue weighted by Gasteiger charge is -2.31. The van der Waals surface area contributed by atoms with Crippen molar-refractivity contribution in [3.63, 3.8) is 0 Å². The first-order valence-corrected chi connectivity index (χ1v) is 4.87. The van der Waals surface area contributed by atoms with E-state index in [1.54, 1.807) is 0 Å². The molecule has 1 aromatic rings. The highest BCUT2D eigenvalue weighted by atomic mass is 19.3. The summed E-state index contributed by atoms with van der Waals surface area (Å²) in [5, 5.41) is 13.7. The summed E-state index contributed by atoms with van der Waals surface area (Å²) in [5.74, 6) is -3.51. The lowest BCUT2D eigenvalue weighted by molar-refractivity contribution is -0.605. The molecule has 1 aromatic heterocycles. The normalized spacial score (nSPS) is 25.1. The second kappa shape index (κ2) is 3.73. The fourth-order valence-electron chi connectivity index (χ4n) is 1.84. The number of hydrogen-bond donors (Lipinski definition) is 1. The molecule has 15 heavy (non-hydrogen) atoms. The van der Waals surface area contributed by atoms with Crippen LogP contribution in [0.25, 0.3) is 0 Å². The van der Waals surface area contributed by atoms with Gasteiger partial charge in [-0.1, -0.05) is 0 Å². The number of pyridine rings is 1. The van der Waals surface area contributed by atoms with Crippen molar-refractivity contribution >= 4 is 0 Å². The van der Waals surface area contributed by atoms with E-state index >= 15 is 0 Å². The van der Waals surface area contributed by atoms with Gasteiger partial charge in [-0.2, -0.15) is 4.73 Å². The largest absolute Gasteiger partial charge is 0.619 e. The molecule has 5 heteroatoms. The third-order valence-corrected chi connectivity index (χ3v) is 2.72. The molecule has 0 spiro atoms. The monoisotopic (exact) mass is 214 g/mol. The van der Waals surface area contributed by atoms with Crippen molar-refractivity contribution in [2.75, 3.05) is 13.1 Å². The van der Waals surface area contributed by atoms with Crippen LogP contribution in [0.1, 0.15) is 17.9 Å². The van der Waals surface area contributed by atoms with Gasteiger partial charge in [-0.15, -0.1) is 0 Å². The molecule has 0 aromatic carbocycles. The number of halogens is 2. The number of alkyl halides is 2. The van der Waals surface area contributed by atoms with Gasteiger partial charge in [-0.05, 0) is 5.56 Å². The Kier molecular flexibility index (Phi) is 2.56. The first kappa shape index (κ1) is 10.3. The molecule has 1 N–H and O–H groups in total. The van der Waals surface area contributed by atoms with Gasteiger partial charge in [-0.3, -0.25) is 0 Å². The van der Waals surface area contributed by atoms with Crippen molar-refractivity contribution in [3.05, 3.63) is 35.3 Å². The van der Waals surface area contributed by atoms with Crippen LogP contribution in [-0.2, 0) is 0 Å². The number of aromatic nitrogens is 1. The van der Waals surface area contributed by atoms with Gasteiger partial charge in [0.25, 0.3) is 5.92 Å². The van der Waals surface area contributed by atoms with Crippen LogP contribution in [-0.4, -0.2) is 19.0 Å². The van der Waals surface area contributed by atoms with Gasteiger partial charge in [0.15, 0.2) is 12.4 Å². The molecule has 0 amide bonds. The molecule has 1 atom stereocenters. The van der Waals surface area contributed by atoms with E-state index in [0.29, 0.717) is 16.8 Å². The predicted octanol–water partition coefficient (Wildman–Crippen LogP) is 1.03. The molecule has 1 fully saturated rings. The molecule has 0 radical (unpaired) electrons. The zero-order chi connectivity index (χ0) is 10.9. The Bertz CT molecular complexity index is 340. The van der Waals surface area contributed by atoms with Crippen LogP contribution < -0.4 is 10.0 Å². The maximum atomic E-state index is 13.5. The van der Waals surface area contributed by atoms with Crippen LogP contribution in [0.5, 0.6) is 0 Å². The molecule has 2 heterocycles. The molecular weight excluding hydrogens is 202 g/mol. The maximum absolute atomic E-state index is 13.5. The van der Waals surface area contributed by atoms with E-state index in [-0.39, 0.29) is 13.0 Å². The molecule has 1 unspecified atom stereocenters. The second-order valence-electron chi connectivity index (χ2n) is 3.76. The first-order valence-electron chi connectivity index (χ1n) is 4.87. The van der Waals surface area contributed by atoms with Gasteiger partial charge in [0.05, 0.1) is 5.92 Å². The maximum Gasteiger partial charge on any atom is 0.257 e. The van der Waals surface area contributed by atoms with Gasteiger partial charge < -0.3 is 10.5 Å². The standard InChI is InChI=1S/C10H12F2N2O/c11-10(12)3-4-13-7-9(10)8-1-5-14(15)6-2-8/h1-2,5-6,9,13H,3-4,7H2. The zero-order valence-corrected chi connectivity index (χ0v) is 8.12. The van der Waals surface area contributed by atoms with Crippen molar-refractivity contribution in [1.82, 2.24) is 5.32 Å². The van der Waals surface area contributed by atoms with Crippen molar-refractivity contribution in [3.8, 4) is 0 Å². The Hall–Kier alpha value is -1.23. The van der Waals surface area contributed by atoms with Gasteiger partial charge >= 0.3 is 0 Å². The van der Waals surface area contributed by atoms with E-state index < -0.39 is 11.8 Å². The summed E-state index contributed by atoms with van der Waals surface area (Å²) < 4.78 is 27.7. The van der Waals surface area contributed by atoms with E-state index in [2.05, 4.69) is 5.32 Å². The Morgan fingerprint density at radius 1 is 1.40 bits per heavy atom. The predicted molar refractivity (Wildman–Crippen MR) is 50.6 cm³/mol. The molecule has 0 bridgehead atoms. The summed E-state index contributed by atoms with van der Waals surface area (Å²) in [6, 6.07) is 2.91. The summed E-state index contributed by atoms with van der Waals surface area (Å²) in [6.45, 7) is 0.605. The van der Waals surface area contributed by atoms with Crippen molar-refractivity contribution in [2.45, 2.75) is 18.3 Å². The van der Waals surface area contributed by atoms with E-state index in [9.17, 15) is 14.0 Å². The number of hydrogen-bond acceptors (Lipinski definition) is 2. The highest BCUT2D eigenvalue weighted by Gasteiger charge is 2.42. The van der Waals surface area contributed by atoms with E-state index in [1.165, 1.54) is 24.5 Å². The van der Waals surface area contributed by atoms with Crippen LogP contribution in [0.2, 0.25) is 0 Å². The fraction of sp³-hybridized carbons (Fsp3) is 0.500. The summed E-state index contributed by atoms with van der Waals surface area (Å²) in [7, 11) is 0. The second-order valence-corrected chi connectivity index (χ2v) is 3.76. The third kappa shape index (κ3) is 2.07. The molecule has 0 aliphatic carbocycles. The fourth-order valence-corrected chi connectivity index (χ4v) is 1.84. The van der Waals surface area contributed by atoms with Crippen molar-refractivity contribution in [1.29, 1.82) is 0 Å². The Labute approximate surface area is 86.3 Å². The van der Waals surface area contributed by atoms with Crippen molar-refractivity contribution < 1.29 is 13.5 Å². The van der Waals surface area contributed by atoms with Crippen LogP contribution >= 0.6 is 0 Å². The van der Waals surface area contributed by atoms with Gasteiger partial charge in [0, 0.05) is 31.6 Å². The number of nitrogens with zero attached hydrogens (tertiary/aromatic N) is 1. The molecule has 1 aliphatic rings. The minimum absolute atomic E-state index is 0.149. The van der Waals surface area contributed by atoms with E-state index in [4.69, 9.17) is 0 Å². The first-order chi connectivity index (χ1) is 7.09. The van der Waals surface area contributed by atoms with Crippen molar-refractivity contribution in [2.24, 2.45) is 0 Å².